The zero-order valence-corrected chi connectivity index (χ0v) is 15.5. The third kappa shape index (κ3) is 6.15. The van der Waals surface area contributed by atoms with Crippen molar-refractivity contribution in [2.45, 2.75) is 18.1 Å². The van der Waals surface area contributed by atoms with Gasteiger partial charge in [0.2, 0.25) is 21.6 Å². The first kappa shape index (κ1) is 19.4. The van der Waals surface area contributed by atoms with E-state index in [9.17, 15) is 13.2 Å². The Morgan fingerprint density at radius 3 is 2.72 bits per heavy atom. The number of hydrogen-bond donors (Lipinski definition) is 1. The molecule has 25 heavy (non-hydrogen) atoms. The molecule has 0 saturated carbocycles. The summed E-state index contributed by atoms with van der Waals surface area (Å²) in [5.41, 5.74) is 0.681. The summed E-state index contributed by atoms with van der Waals surface area (Å²) in [6.07, 6.45) is 4.82. The maximum atomic E-state index is 11.7. The predicted octanol–water partition coefficient (Wildman–Crippen LogP) is 2.54. The van der Waals surface area contributed by atoms with Crippen molar-refractivity contribution in [1.29, 1.82) is 0 Å². The Morgan fingerprint density at radius 2 is 2.08 bits per heavy atom. The molecular weight excluding hydrogens is 389 g/mol. The second kappa shape index (κ2) is 8.46. The second-order valence-electron chi connectivity index (χ2n) is 5.13. The molecule has 0 bridgehead atoms. The van der Waals surface area contributed by atoms with Gasteiger partial charge in [0.05, 0.1) is 0 Å². The highest BCUT2D eigenvalue weighted by molar-refractivity contribution is 7.90. The summed E-state index contributed by atoms with van der Waals surface area (Å²) in [5.74, 6) is -0.0773. The zero-order valence-electron chi connectivity index (χ0n) is 13.2. The van der Waals surface area contributed by atoms with E-state index < -0.39 is 15.1 Å². The average Bonchev–Trinajstić information content (AvgIpc) is 3.00. The largest absolute Gasteiger partial charge is 0.413 e. The molecule has 1 heterocycles. The number of aromatic nitrogens is 2. The Hall–Kier alpha value is -1.90. The molecule has 1 N–H and O–H groups in total. The summed E-state index contributed by atoms with van der Waals surface area (Å²) in [6, 6.07) is 4.99. The van der Waals surface area contributed by atoms with Gasteiger partial charge in [-0.05, 0) is 30.2 Å². The molecule has 134 valence electrons. The summed E-state index contributed by atoms with van der Waals surface area (Å²) >= 11 is 11.8. The van der Waals surface area contributed by atoms with Crippen molar-refractivity contribution in [2.75, 3.05) is 12.8 Å². The number of carbonyl (C=O) groups is 1. The first-order valence-corrected chi connectivity index (χ1v) is 9.84. The predicted molar refractivity (Wildman–Crippen MR) is 94.2 cm³/mol. The minimum Gasteiger partial charge on any atom is -0.413 e. The first-order chi connectivity index (χ1) is 11.8. The summed E-state index contributed by atoms with van der Waals surface area (Å²) < 4.78 is 27.5. The van der Waals surface area contributed by atoms with Crippen molar-refractivity contribution in [1.82, 2.24) is 15.5 Å². The summed E-state index contributed by atoms with van der Waals surface area (Å²) in [4.78, 5) is 11.7. The molecule has 10 heteroatoms. The molecule has 0 aliphatic rings. The molecule has 0 radical (unpaired) electrons. The quantitative estimate of drug-likeness (QED) is 0.562. The molecule has 1 aromatic heterocycles. The van der Waals surface area contributed by atoms with Crippen LogP contribution < -0.4 is 5.32 Å². The highest BCUT2D eigenvalue weighted by Crippen LogP contribution is 2.21. The van der Waals surface area contributed by atoms with Crippen LogP contribution in [-0.4, -0.2) is 37.3 Å². The van der Waals surface area contributed by atoms with Crippen LogP contribution in [0.15, 0.2) is 33.9 Å². The number of carbonyl (C=O) groups excluding carboxylic acids is 1. The number of sulfone groups is 1. The van der Waals surface area contributed by atoms with Crippen molar-refractivity contribution in [3.8, 4) is 0 Å². The van der Waals surface area contributed by atoms with Gasteiger partial charge < -0.3 is 9.73 Å². The van der Waals surface area contributed by atoms with Gasteiger partial charge in [-0.1, -0.05) is 34.4 Å². The van der Waals surface area contributed by atoms with Crippen molar-refractivity contribution < 1.29 is 17.6 Å². The lowest BCUT2D eigenvalue weighted by Gasteiger charge is -2.01. The zero-order chi connectivity index (χ0) is 18.4. The second-order valence-corrected chi connectivity index (χ2v) is 7.86. The minimum atomic E-state index is -3.50. The van der Waals surface area contributed by atoms with E-state index in [1.807, 2.05) is 0 Å². The van der Waals surface area contributed by atoms with E-state index in [-0.39, 0.29) is 11.8 Å². The number of halogens is 2. The van der Waals surface area contributed by atoms with Gasteiger partial charge >= 0.3 is 5.22 Å². The molecule has 2 rings (SSSR count). The molecule has 1 aromatic carbocycles. The SMILES string of the molecule is CS(=O)(=O)c1nnc(CCCNC(=O)/C=C/c2ccc(Cl)cc2Cl)o1. The Kier molecular flexibility index (Phi) is 6.57. The standard InChI is InChI=1S/C15H15Cl2N3O4S/c1-25(22,23)15-20-19-14(24-15)3-2-8-18-13(21)7-5-10-4-6-11(16)9-12(10)17/h4-7,9H,2-3,8H2,1H3,(H,18,21)/b7-5+. The Labute approximate surface area is 154 Å². The topological polar surface area (TPSA) is 102 Å². The van der Waals surface area contributed by atoms with E-state index in [1.165, 1.54) is 6.08 Å². The maximum absolute atomic E-state index is 11.7. The lowest BCUT2D eigenvalue weighted by atomic mass is 10.2. The Morgan fingerprint density at radius 1 is 1.32 bits per heavy atom. The molecule has 0 unspecified atom stereocenters. The van der Waals surface area contributed by atoms with Gasteiger partial charge in [-0.25, -0.2) is 8.42 Å². The molecule has 7 nitrogen and oxygen atoms in total. The van der Waals surface area contributed by atoms with Gasteiger partial charge in [-0.2, -0.15) is 0 Å². The number of hydrogen-bond acceptors (Lipinski definition) is 6. The highest BCUT2D eigenvalue weighted by Gasteiger charge is 2.16. The van der Waals surface area contributed by atoms with E-state index in [0.717, 1.165) is 6.26 Å². The molecular formula is C15H15Cl2N3O4S. The first-order valence-electron chi connectivity index (χ1n) is 7.19. The monoisotopic (exact) mass is 403 g/mol. The van der Waals surface area contributed by atoms with Gasteiger partial charge in [-0.3, -0.25) is 4.79 Å². The number of benzene rings is 1. The van der Waals surface area contributed by atoms with Crippen LogP contribution in [0.5, 0.6) is 0 Å². The molecule has 1 amide bonds. The average molecular weight is 404 g/mol. The smallest absolute Gasteiger partial charge is 0.335 e. The summed E-state index contributed by atoms with van der Waals surface area (Å²) in [7, 11) is -3.50. The number of nitrogens with one attached hydrogen (secondary N) is 1. The molecule has 0 aliphatic heterocycles. The Balaban J connectivity index is 1.77. The van der Waals surface area contributed by atoms with Crippen LogP contribution in [0, 0.1) is 0 Å². The van der Waals surface area contributed by atoms with Crippen molar-refractivity contribution in [3.63, 3.8) is 0 Å². The summed E-state index contributed by atoms with van der Waals surface area (Å²) in [5, 5.41) is 10.4. The fourth-order valence-electron chi connectivity index (χ4n) is 1.80. The lowest BCUT2D eigenvalue weighted by molar-refractivity contribution is -0.116. The summed E-state index contributed by atoms with van der Waals surface area (Å²) in [6.45, 7) is 0.369. The van der Waals surface area contributed by atoms with Gasteiger partial charge in [0, 0.05) is 35.3 Å². The van der Waals surface area contributed by atoms with Gasteiger partial charge in [0.15, 0.2) is 0 Å². The van der Waals surface area contributed by atoms with E-state index in [4.69, 9.17) is 27.6 Å². The van der Waals surface area contributed by atoms with Crippen LogP contribution in [-0.2, 0) is 21.1 Å². The van der Waals surface area contributed by atoms with Gasteiger partial charge in [-0.15, -0.1) is 5.10 Å². The van der Waals surface area contributed by atoms with Crippen molar-refractivity contribution in [3.05, 3.63) is 45.8 Å². The normalized spacial score (nSPS) is 11.8. The number of amides is 1. The van der Waals surface area contributed by atoms with Crippen molar-refractivity contribution >= 4 is 45.0 Å². The molecule has 0 saturated heterocycles. The highest BCUT2D eigenvalue weighted by atomic mass is 35.5. The molecule has 0 spiro atoms. The molecule has 0 fully saturated rings. The lowest BCUT2D eigenvalue weighted by Crippen LogP contribution is -2.22. The van der Waals surface area contributed by atoms with E-state index in [0.29, 0.717) is 35.0 Å². The van der Waals surface area contributed by atoms with Crippen LogP contribution in [0.25, 0.3) is 6.08 Å². The minimum absolute atomic E-state index is 0.207. The Bertz CT molecular complexity index is 894. The third-order valence-electron chi connectivity index (χ3n) is 3.01. The van der Waals surface area contributed by atoms with E-state index in [2.05, 4.69) is 15.5 Å². The van der Waals surface area contributed by atoms with Crippen LogP contribution in [0.3, 0.4) is 0 Å². The van der Waals surface area contributed by atoms with Gasteiger partial charge in [0.1, 0.15) is 0 Å². The fraction of sp³-hybridized carbons (Fsp3) is 0.267. The molecule has 0 atom stereocenters. The number of rotatable bonds is 7. The van der Waals surface area contributed by atoms with Gasteiger partial charge in [0.25, 0.3) is 0 Å². The van der Waals surface area contributed by atoms with Crippen LogP contribution in [0.1, 0.15) is 17.9 Å². The van der Waals surface area contributed by atoms with Crippen molar-refractivity contribution in [2.24, 2.45) is 0 Å². The van der Waals surface area contributed by atoms with Crippen LogP contribution >= 0.6 is 23.2 Å². The molecule has 2 aromatic rings. The maximum Gasteiger partial charge on any atom is 0.335 e. The number of nitrogens with zero attached hydrogens (tertiary/aromatic N) is 2. The fourth-order valence-corrected chi connectivity index (χ4v) is 2.71. The third-order valence-corrected chi connectivity index (χ3v) is 4.37. The van der Waals surface area contributed by atoms with Crippen LogP contribution in [0.4, 0.5) is 0 Å². The van der Waals surface area contributed by atoms with Crippen LogP contribution in [0.2, 0.25) is 10.0 Å². The van der Waals surface area contributed by atoms with E-state index in [1.54, 1.807) is 24.3 Å². The molecule has 0 aliphatic carbocycles. The number of aryl methyl sites for hydroxylation is 1. The van der Waals surface area contributed by atoms with E-state index >= 15 is 0 Å².